The number of aromatic amines is 1. The van der Waals surface area contributed by atoms with Crippen molar-refractivity contribution in [2.75, 3.05) is 0 Å². The maximum atomic E-state index is 14.5. The molecule has 0 spiro atoms. The number of fused-ring (bicyclic) bond motifs is 1. The van der Waals surface area contributed by atoms with E-state index in [4.69, 9.17) is 4.74 Å². The number of hydrogen-bond donors (Lipinski definition) is 3. The number of halogens is 2. The lowest BCUT2D eigenvalue weighted by Gasteiger charge is -2.29. The Hall–Kier alpha value is -1.58. The van der Waals surface area contributed by atoms with Gasteiger partial charge in [-0.25, -0.2) is 9.18 Å². The third-order valence-electron chi connectivity index (χ3n) is 3.76. The fraction of sp³-hybridized carbons (Fsp3) is 0.600. The van der Waals surface area contributed by atoms with Gasteiger partial charge in [0.25, 0.3) is 5.56 Å². The van der Waals surface area contributed by atoms with Crippen LogP contribution in [0.1, 0.15) is 13.2 Å². The number of rotatable bonds is 1. The molecule has 0 amide bonds. The van der Waals surface area contributed by atoms with Gasteiger partial charge in [0, 0.05) is 0 Å². The number of hydrogen-bond acceptors (Lipinski definition) is 5. The van der Waals surface area contributed by atoms with Crippen LogP contribution in [0.4, 0.5) is 8.78 Å². The second-order valence-corrected chi connectivity index (χ2v) is 4.90. The maximum Gasteiger partial charge on any atom is 0.330 e. The minimum atomic E-state index is -2.51. The highest BCUT2D eigenvalue weighted by atomic mass is 19.1. The number of aromatic nitrogens is 2. The van der Waals surface area contributed by atoms with Gasteiger partial charge in [0.1, 0.15) is 12.2 Å². The molecule has 7 nitrogen and oxygen atoms in total. The van der Waals surface area contributed by atoms with Crippen LogP contribution in [0, 0.1) is 5.82 Å². The van der Waals surface area contributed by atoms with Crippen LogP contribution in [0.2, 0.25) is 0 Å². The normalized spacial score (nSPS) is 44.2. The van der Waals surface area contributed by atoms with Crippen LogP contribution in [0.3, 0.4) is 0 Å². The predicted octanol–water partition coefficient (Wildman–Crippen LogP) is -1.59. The molecule has 5 atom stereocenters. The molecule has 1 aromatic heterocycles. The Morgan fingerprint density at radius 1 is 1.53 bits per heavy atom. The summed E-state index contributed by atoms with van der Waals surface area (Å²) in [6.45, 7) is 0.934. The van der Waals surface area contributed by atoms with Crippen molar-refractivity contribution in [2.45, 2.75) is 36.6 Å². The molecular formula is C10H10F2N2O5. The number of aliphatic hydroxyl groups is 2. The second-order valence-electron chi connectivity index (χ2n) is 4.90. The van der Waals surface area contributed by atoms with Crippen LogP contribution in [0.25, 0.3) is 0 Å². The van der Waals surface area contributed by atoms with Gasteiger partial charge in [-0.3, -0.25) is 14.3 Å². The molecule has 9 heteroatoms. The summed E-state index contributed by atoms with van der Waals surface area (Å²) in [5.74, 6) is -1.29. The van der Waals surface area contributed by atoms with Gasteiger partial charge in [-0.2, -0.15) is 4.39 Å². The summed E-state index contributed by atoms with van der Waals surface area (Å²) in [4.78, 5) is 24.1. The van der Waals surface area contributed by atoms with E-state index in [-0.39, 0.29) is 0 Å². The van der Waals surface area contributed by atoms with E-state index in [0.717, 1.165) is 6.92 Å². The standard InChI is InChI=1S/C10H10F2N2O5/c1-9(12)7(19-5-4(15)10(5,9)18)14-2-3(11)6(16)13-8(14)17/h2,4-5,7,15,18H,1H3,(H,13,16,17). The van der Waals surface area contributed by atoms with Crippen molar-refractivity contribution in [3.8, 4) is 0 Å². The van der Waals surface area contributed by atoms with E-state index in [2.05, 4.69) is 0 Å². The number of aliphatic hydroxyl groups excluding tert-OH is 1. The van der Waals surface area contributed by atoms with Gasteiger partial charge in [0.15, 0.2) is 17.5 Å². The molecule has 104 valence electrons. The van der Waals surface area contributed by atoms with Crippen molar-refractivity contribution >= 4 is 0 Å². The van der Waals surface area contributed by atoms with E-state index in [0.29, 0.717) is 10.8 Å². The molecule has 0 aromatic carbocycles. The van der Waals surface area contributed by atoms with Gasteiger partial charge in [-0.15, -0.1) is 0 Å². The summed E-state index contributed by atoms with van der Waals surface area (Å²) in [6.07, 6.45) is -3.72. The van der Waals surface area contributed by atoms with Gasteiger partial charge < -0.3 is 14.9 Å². The van der Waals surface area contributed by atoms with E-state index in [9.17, 15) is 28.6 Å². The monoisotopic (exact) mass is 276 g/mol. The molecule has 2 aliphatic rings. The van der Waals surface area contributed by atoms with Crippen LogP contribution in [0.15, 0.2) is 15.8 Å². The highest BCUT2D eigenvalue weighted by Crippen LogP contribution is 2.60. The molecule has 5 unspecified atom stereocenters. The smallest absolute Gasteiger partial charge is 0.330 e. The Bertz CT molecular complexity index is 669. The molecular weight excluding hydrogens is 266 g/mol. The second kappa shape index (κ2) is 3.30. The Morgan fingerprint density at radius 2 is 2.16 bits per heavy atom. The summed E-state index contributed by atoms with van der Waals surface area (Å²) in [6, 6.07) is 0. The van der Waals surface area contributed by atoms with Gasteiger partial charge in [-0.05, 0) is 6.92 Å². The van der Waals surface area contributed by atoms with Gasteiger partial charge >= 0.3 is 5.69 Å². The van der Waals surface area contributed by atoms with E-state index in [1.807, 2.05) is 0 Å². The first kappa shape index (κ1) is 12.5. The summed E-state index contributed by atoms with van der Waals surface area (Å²) in [5, 5.41) is 19.2. The molecule has 1 aliphatic carbocycles. The Morgan fingerprint density at radius 3 is 2.68 bits per heavy atom. The summed E-state index contributed by atoms with van der Waals surface area (Å²) < 4.78 is 33.2. The minimum absolute atomic E-state index is 0.504. The molecule has 3 rings (SSSR count). The van der Waals surface area contributed by atoms with E-state index in [1.54, 1.807) is 4.98 Å². The average molecular weight is 276 g/mol. The Labute approximate surface area is 104 Å². The first-order chi connectivity index (χ1) is 8.71. The SMILES string of the molecule is CC1(F)C(n2cc(F)c(=O)[nH]c2=O)OC2C(O)C21O. The highest BCUT2D eigenvalue weighted by molar-refractivity contribution is 5.30. The van der Waals surface area contributed by atoms with Crippen molar-refractivity contribution in [1.29, 1.82) is 0 Å². The quantitative estimate of drug-likeness (QED) is 0.573. The molecule has 1 aromatic rings. The van der Waals surface area contributed by atoms with E-state index < -0.39 is 46.8 Å². The lowest BCUT2D eigenvalue weighted by Crippen LogP contribution is -2.48. The molecule has 1 aliphatic heterocycles. The fourth-order valence-corrected chi connectivity index (χ4v) is 2.50. The van der Waals surface area contributed by atoms with Crippen LogP contribution < -0.4 is 11.2 Å². The zero-order valence-electron chi connectivity index (χ0n) is 9.63. The Kier molecular flexibility index (Phi) is 2.16. The zero-order chi connectivity index (χ0) is 14.2. The molecule has 1 saturated carbocycles. The molecule has 0 bridgehead atoms. The number of H-pyrrole nitrogens is 1. The molecule has 2 heterocycles. The van der Waals surface area contributed by atoms with Crippen molar-refractivity contribution in [2.24, 2.45) is 0 Å². The summed E-state index contributed by atoms with van der Waals surface area (Å²) >= 11 is 0. The topological polar surface area (TPSA) is 105 Å². The van der Waals surface area contributed by atoms with Gasteiger partial charge in [-0.1, -0.05) is 0 Å². The fourth-order valence-electron chi connectivity index (χ4n) is 2.50. The number of nitrogens with zero attached hydrogens (tertiary/aromatic N) is 1. The lowest BCUT2D eigenvalue weighted by atomic mass is 9.97. The number of nitrogens with one attached hydrogen (secondary N) is 1. The van der Waals surface area contributed by atoms with Crippen molar-refractivity contribution in [1.82, 2.24) is 9.55 Å². The molecule has 2 fully saturated rings. The van der Waals surface area contributed by atoms with E-state index >= 15 is 0 Å². The predicted molar refractivity (Wildman–Crippen MR) is 55.7 cm³/mol. The zero-order valence-corrected chi connectivity index (χ0v) is 9.63. The average Bonchev–Trinajstić information content (AvgIpc) is 2.76. The Balaban J connectivity index is 2.09. The number of alkyl halides is 1. The first-order valence-corrected chi connectivity index (χ1v) is 5.47. The van der Waals surface area contributed by atoms with Crippen molar-refractivity contribution in [3.05, 3.63) is 32.9 Å². The van der Waals surface area contributed by atoms with Gasteiger partial charge in [0.2, 0.25) is 5.82 Å². The van der Waals surface area contributed by atoms with Crippen molar-refractivity contribution in [3.63, 3.8) is 0 Å². The van der Waals surface area contributed by atoms with Crippen LogP contribution in [0.5, 0.6) is 0 Å². The highest BCUT2D eigenvalue weighted by Gasteiger charge is 2.83. The molecule has 19 heavy (non-hydrogen) atoms. The molecule has 0 radical (unpaired) electrons. The first-order valence-electron chi connectivity index (χ1n) is 5.47. The minimum Gasteiger partial charge on any atom is -0.387 e. The summed E-state index contributed by atoms with van der Waals surface area (Å²) in [5.41, 5.74) is -6.95. The maximum absolute atomic E-state index is 14.5. The number of ether oxygens (including phenoxy) is 1. The molecule has 1 saturated heterocycles. The largest absolute Gasteiger partial charge is 0.387 e. The van der Waals surface area contributed by atoms with Crippen LogP contribution >= 0.6 is 0 Å². The summed E-state index contributed by atoms with van der Waals surface area (Å²) in [7, 11) is 0. The lowest BCUT2D eigenvalue weighted by molar-refractivity contribution is -0.117. The van der Waals surface area contributed by atoms with Crippen LogP contribution in [-0.4, -0.2) is 43.2 Å². The van der Waals surface area contributed by atoms with Crippen molar-refractivity contribution < 1.29 is 23.7 Å². The third kappa shape index (κ3) is 1.29. The van der Waals surface area contributed by atoms with Gasteiger partial charge in [0.05, 0.1) is 6.20 Å². The molecule has 3 N–H and O–H groups in total. The third-order valence-corrected chi connectivity index (χ3v) is 3.76. The van der Waals surface area contributed by atoms with E-state index in [1.165, 1.54) is 0 Å². The van der Waals surface area contributed by atoms with Crippen LogP contribution in [-0.2, 0) is 4.74 Å².